The molecule has 2 aromatic rings. The Balaban J connectivity index is 0.000000410. The van der Waals surface area contributed by atoms with E-state index in [4.69, 9.17) is 51.5 Å². The first kappa shape index (κ1) is 36.8. The molecular weight excluding hydrogens is 652 g/mol. The van der Waals surface area contributed by atoms with Gasteiger partial charge in [0.1, 0.15) is 12.2 Å². The van der Waals surface area contributed by atoms with Crippen molar-refractivity contribution < 1.29 is 43.4 Å². The number of aliphatic hydroxyl groups excluding tert-OH is 4. The maximum atomic E-state index is 11.4. The van der Waals surface area contributed by atoms with Gasteiger partial charge in [-0.3, -0.25) is 19.7 Å². The average Bonchev–Trinajstić information content (AvgIpc) is 2.93. The predicted octanol–water partition coefficient (Wildman–Crippen LogP) is 1.31. The van der Waals surface area contributed by atoms with Crippen molar-refractivity contribution in [3.63, 3.8) is 0 Å². The number of halogens is 4. The van der Waals surface area contributed by atoms with Crippen LogP contribution in [0.4, 0.5) is 5.69 Å². The summed E-state index contributed by atoms with van der Waals surface area (Å²) in [7, 11) is -3.34. The van der Waals surface area contributed by atoms with E-state index in [0.717, 1.165) is 6.26 Å². The van der Waals surface area contributed by atoms with E-state index >= 15 is 0 Å². The maximum Gasteiger partial charge on any atom is 0.269 e. The minimum Gasteiger partial charge on any atom is -0.394 e. The van der Waals surface area contributed by atoms with E-state index in [0.29, 0.717) is 11.1 Å². The van der Waals surface area contributed by atoms with Crippen LogP contribution < -0.4 is 10.6 Å². The third kappa shape index (κ3) is 11.9. The number of benzene rings is 2. The molecule has 0 aliphatic heterocycles. The minimum absolute atomic E-state index is 0.101. The second-order valence-electron chi connectivity index (χ2n) is 8.28. The summed E-state index contributed by atoms with van der Waals surface area (Å²) in [5, 5.41) is 53.5. The van der Waals surface area contributed by atoms with Crippen molar-refractivity contribution >= 4 is 73.7 Å². The second-order valence-corrected chi connectivity index (χ2v) is 12.5. The summed E-state index contributed by atoms with van der Waals surface area (Å²) < 4.78 is 22.7. The highest BCUT2D eigenvalue weighted by Gasteiger charge is 2.26. The third-order valence-electron chi connectivity index (χ3n) is 5.30. The summed E-state index contributed by atoms with van der Waals surface area (Å²) >= 11 is 21.5. The zero-order valence-electron chi connectivity index (χ0n) is 21.1. The molecule has 2 amide bonds. The molecule has 2 aromatic carbocycles. The van der Waals surface area contributed by atoms with Crippen LogP contribution in [0, 0.1) is 10.1 Å². The molecule has 18 heteroatoms. The smallest absolute Gasteiger partial charge is 0.269 e. The molecule has 0 aliphatic rings. The summed E-state index contributed by atoms with van der Waals surface area (Å²) in [6.45, 7) is -1.09. The summed E-state index contributed by atoms with van der Waals surface area (Å²) in [6.07, 6.45) is -1.42. The molecule has 0 fully saturated rings. The molecule has 13 nitrogen and oxygen atoms in total. The number of nitro groups is 1. The Kier molecular flexibility index (Phi) is 15.2. The van der Waals surface area contributed by atoms with Gasteiger partial charge >= 0.3 is 0 Å². The molecule has 0 saturated carbocycles. The Morgan fingerprint density at radius 2 is 1.15 bits per heavy atom. The van der Waals surface area contributed by atoms with Crippen LogP contribution in [0.15, 0.2) is 53.4 Å². The van der Waals surface area contributed by atoms with Crippen LogP contribution >= 0.6 is 46.4 Å². The normalized spacial score (nSPS) is 14.3. The number of aliphatic hydroxyl groups is 4. The number of amides is 2. The van der Waals surface area contributed by atoms with Gasteiger partial charge in [0.25, 0.3) is 17.5 Å². The lowest BCUT2D eigenvalue weighted by atomic mass is 10.0. The summed E-state index contributed by atoms with van der Waals surface area (Å²) in [6, 6.07) is 8.50. The van der Waals surface area contributed by atoms with Crippen LogP contribution in [0.3, 0.4) is 0 Å². The number of non-ortho nitro benzene ring substituents is 1. The number of alkyl halides is 4. The highest BCUT2D eigenvalue weighted by atomic mass is 35.5. The molecule has 0 aliphatic carbocycles. The standard InChI is InChI=1S/C12H15Cl2NO5S.C11H12Cl2N2O5/c1-21(19,20)8-4-2-7(3-5-8)10(17)9(6-16)15-12(18)11(13)14;12-10(13)11(18)14-8(5-16)9(17)6-1-3-7(4-2-6)15(19)20/h2-5,9-11,16-17H,6H2,1H3,(H,15,18);1-4,8-10,16-17H,5H2,(H,14,18)/t9-,10-;8-,9-/m11/s1. The molecule has 0 aromatic heterocycles. The van der Waals surface area contributed by atoms with Crippen molar-refractivity contribution in [2.24, 2.45) is 0 Å². The zero-order chi connectivity index (χ0) is 31.5. The van der Waals surface area contributed by atoms with E-state index in [1.54, 1.807) is 0 Å². The van der Waals surface area contributed by atoms with Crippen LogP contribution in [0.1, 0.15) is 23.3 Å². The van der Waals surface area contributed by atoms with Crippen LogP contribution in [0.2, 0.25) is 0 Å². The SMILES string of the molecule is CS(=O)(=O)c1ccc([C@@H](O)[C@@H](CO)NC(=O)C(Cl)Cl)cc1.O=C(N[C@H](CO)[C@H](O)c1ccc([N+](=O)[O-])cc1)C(Cl)Cl. The van der Waals surface area contributed by atoms with Crippen molar-refractivity contribution in [1.82, 2.24) is 10.6 Å². The molecular formula is C23H27Cl4N3O10S. The van der Waals surface area contributed by atoms with Gasteiger partial charge in [0, 0.05) is 18.4 Å². The highest BCUT2D eigenvalue weighted by Crippen LogP contribution is 2.21. The van der Waals surface area contributed by atoms with Gasteiger partial charge in [0.15, 0.2) is 19.5 Å². The van der Waals surface area contributed by atoms with Gasteiger partial charge in [-0.2, -0.15) is 0 Å². The van der Waals surface area contributed by atoms with Gasteiger partial charge in [-0.05, 0) is 35.4 Å². The summed E-state index contributed by atoms with van der Waals surface area (Å²) in [4.78, 5) is 30.0. The molecule has 4 atom stereocenters. The lowest BCUT2D eigenvalue weighted by Gasteiger charge is -2.23. The van der Waals surface area contributed by atoms with Crippen LogP contribution in [-0.4, -0.2) is 86.8 Å². The quantitative estimate of drug-likeness (QED) is 0.107. The topological polar surface area (TPSA) is 216 Å². The first-order valence-electron chi connectivity index (χ1n) is 11.3. The minimum atomic E-state index is -3.34. The second kappa shape index (κ2) is 17.0. The summed E-state index contributed by atoms with van der Waals surface area (Å²) in [5.41, 5.74) is 0.505. The first-order valence-corrected chi connectivity index (χ1v) is 15.0. The number of sulfone groups is 1. The number of rotatable bonds is 12. The van der Waals surface area contributed by atoms with Gasteiger partial charge in [0.2, 0.25) is 0 Å². The van der Waals surface area contributed by atoms with Crippen molar-refractivity contribution in [1.29, 1.82) is 0 Å². The number of carbonyl (C=O) groups is 2. The van der Waals surface area contributed by atoms with E-state index in [1.807, 2.05) is 0 Å². The molecule has 228 valence electrons. The molecule has 0 spiro atoms. The summed E-state index contributed by atoms with van der Waals surface area (Å²) in [5.74, 6) is -1.50. The number of hydrogen-bond acceptors (Lipinski definition) is 10. The van der Waals surface area contributed by atoms with E-state index in [2.05, 4.69) is 10.6 Å². The number of hydrogen-bond donors (Lipinski definition) is 6. The lowest BCUT2D eigenvalue weighted by Crippen LogP contribution is -2.44. The van der Waals surface area contributed by atoms with Crippen molar-refractivity contribution in [3.8, 4) is 0 Å². The fraction of sp³-hybridized carbons (Fsp3) is 0.391. The highest BCUT2D eigenvalue weighted by molar-refractivity contribution is 7.90. The molecule has 0 radical (unpaired) electrons. The Bertz CT molecular complexity index is 1270. The van der Waals surface area contributed by atoms with Gasteiger partial charge in [-0.1, -0.05) is 58.5 Å². The number of carbonyl (C=O) groups excluding carboxylic acids is 2. The van der Waals surface area contributed by atoms with E-state index < -0.39 is 73.8 Å². The molecule has 6 N–H and O–H groups in total. The van der Waals surface area contributed by atoms with Crippen molar-refractivity contribution in [3.05, 3.63) is 69.8 Å². The fourth-order valence-corrected chi connectivity index (χ4v) is 3.99. The van der Waals surface area contributed by atoms with Crippen molar-refractivity contribution in [2.75, 3.05) is 19.5 Å². The van der Waals surface area contributed by atoms with Gasteiger partial charge in [0.05, 0.1) is 35.1 Å². The van der Waals surface area contributed by atoms with Crippen molar-refractivity contribution in [2.45, 2.75) is 38.9 Å². The van der Waals surface area contributed by atoms with Gasteiger partial charge in [-0.15, -0.1) is 0 Å². The first-order chi connectivity index (χ1) is 19.0. The van der Waals surface area contributed by atoms with E-state index in [1.165, 1.54) is 48.5 Å². The third-order valence-corrected chi connectivity index (χ3v) is 7.22. The van der Waals surface area contributed by atoms with Gasteiger partial charge in [-0.25, -0.2) is 8.42 Å². The monoisotopic (exact) mass is 677 g/mol. The molecule has 0 unspecified atom stereocenters. The fourth-order valence-electron chi connectivity index (χ4n) is 3.11. The zero-order valence-corrected chi connectivity index (χ0v) is 24.9. The van der Waals surface area contributed by atoms with E-state index in [9.17, 15) is 43.4 Å². The lowest BCUT2D eigenvalue weighted by molar-refractivity contribution is -0.384. The van der Waals surface area contributed by atoms with Crippen LogP contribution in [0.5, 0.6) is 0 Å². The molecule has 0 heterocycles. The predicted molar refractivity (Wildman–Crippen MR) is 152 cm³/mol. The Hall–Kier alpha value is -2.27. The Morgan fingerprint density at radius 3 is 1.41 bits per heavy atom. The number of nitrogens with zero attached hydrogens (tertiary/aromatic N) is 1. The van der Waals surface area contributed by atoms with Gasteiger partial charge < -0.3 is 31.1 Å². The Labute approximate surface area is 255 Å². The Morgan fingerprint density at radius 1 is 0.805 bits per heavy atom. The van der Waals surface area contributed by atoms with E-state index in [-0.39, 0.29) is 10.6 Å². The van der Waals surface area contributed by atoms with Crippen LogP contribution in [-0.2, 0) is 19.4 Å². The largest absolute Gasteiger partial charge is 0.394 e. The molecule has 2 rings (SSSR count). The molecule has 0 saturated heterocycles. The average molecular weight is 679 g/mol. The molecule has 41 heavy (non-hydrogen) atoms. The van der Waals surface area contributed by atoms with Crippen LogP contribution in [0.25, 0.3) is 0 Å². The number of nitrogens with one attached hydrogen (secondary N) is 2. The maximum absolute atomic E-state index is 11.4. The molecule has 0 bridgehead atoms. The number of nitro benzene ring substituents is 1.